The van der Waals surface area contributed by atoms with Crippen LogP contribution in [0, 0.1) is 0 Å². The predicted octanol–water partition coefficient (Wildman–Crippen LogP) is 12.8. The van der Waals surface area contributed by atoms with Gasteiger partial charge >= 0.3 is 0 Å². The van der Waals surface area contributed by atoms with E-state index in [2.05, 4.69) is 120 Å². The van der Waals surface area contributed by atoms with Gasteiger partial charge in [0.1, 0.15) is 0 Å². The van der Waals surface area contributed by atoms with Crippen LogP contribution >= 0.6 is 11.8 Å². The van der Waals surface area contributed by atoms with Crippen LogP contribution in [0.1, 0.15) is 6.85 Å². The highest BCUT2D eigenvalue weighted by Crippen LogP contribution is 2.52. The van der Waals surface area contributed by atoms with Gasteiger partial charge in [-0.1, -0.05) is 115 Å². The van der Waals surface area contributed by atoms with Crippen molar-refractivity contribution < 1.29 is 6.85 Å². The Kier molecular flexibility index (Phi) is 4.70. The first kappa shape index (κ1) is 22.5. The van der Waals surface area contributed by atoms with Gasteiger partial charge in [-0.3, -0.25) is 0 Å². The maximum Gasteiger partial charge on any atom is 0.0645 e. The minimum atomic E-state index is -0.398. The molecule has 0 bridgehead atoms. The highest BCUT2D eigenvalue weighted by molar-refractivity contribution is 7.99. The molecule has 0 N–H and O–H groups in total. The lowest BCUT2D eigenvalue weighted by Gasteiger charge is -2.22. The Morgan fingerprint density at radius 3 is 1.94 bits per heavy atom. The standard InChI is InChI=1S/C46H28N2S/c1-3-12-31(13-4-1)47-39-20-9-7-16-33(39)37-26-29(22-24-41(37)47)30-23-25-43-38(27-30)34-18-11-19-36-45-35-17-8-10-21-40(35)48(32-14-5-2-6-15-32)42(45)28-44(49-43)46(34)36/h1-28H/i2D,5D,6D,14D,15D. The number of hydrogen-bond donors (Lipinski definition) is 0. The van der Waals surface area contributed by atoms with Gasteiger partial charge in [0.25, 0.3) is 0 Å². The lowest BCUT2D eigenvalue weighted by Crippen LogP contribution is -1.96. The van der Waals surface area contributed by atoms with Crippen molar-refractivity contribution in [2.24, 2.45) is 0 Å². The molecule has 0 unspecified atom stereocenters. The first-order chi connectivity index (χ1) is 26.4. The van der Waals surface area contributed by atoms with Gasteiger partial charge in [0.15, 0.2) is 0 Å². The molecular formula is C46H28N2S. The Labute approximate surface area is 294 Å². The molecule has 1 aliphatic rings. The molecule has 10 aromatic rings. The van der Waals surface area contributed by atoms with Crippen LogP contribution in [0.3, 0.4) is 0 Å². The summed E-state index contributed by atoms with van der Waals surface area (Å²) in [5.41, 5.74) is 9.88. The van der Waals surface area contributed by atoms with Crippen LogP contribution in [0.25, 0.3) is 88.0 Å². The van der Waals surface area contributed by atoms with E-state index in [-0.39, 0.29) is 29.9 Å². The molecule has 0 spiro atoms. The topological polar surface area (TPSA) is 9.86 Å². The van der Waals surface area contributed by atoms with Gasteiger partial charge in [-0.05, 0) is 94.3 Å². The molecule has 2 nitrogen and oxygen atoms in total. The number of hydrogen-bond acceptors (Lipinski definition) is 1. The van der Waals surface area contributed by atoms with Gasteiger partial charge in [0.2, 0.25) is 0 Å². The first-order valence-corrected chi connectivity index (χ1v) is 17.2. The summed E-state index contributed by atoms with van der Waals surface area (Å²) >= 11 is 1.72. The maximum atomic E-state index is 8.88. The second-order valence-electron chi connectivity index (χ2n) is 12.6. The number of nitrogens with zero attached hydrogens (tertiary/aromatic N) is 2. The van der Waals surface area contributed by atoms with Gasteiger partial charge < -0.3 is 9.13 Å². The van der Waals surface area contributed by atoms with Crippen LogP contribution in [0.15, 0.2) is 180 Å². The maximum absolute atomic E-state index is 8.88. The molecule has 11 rings (SSSR count). The van der Waals surface area contributed by atoms with Gasteiger partial charge in [-0.15, -0.1) is 0 Å². The third kappa shape index (κ3) is 3.85. The monoisotopic (exact) mass is 645 g/mol. The first-order valence-electron chi connectivity index (χ1n) is 18.9. The van der Waals surface area contributed by atoms with Crippen molar-refractivity contribution >= 4 is 66.1 Å². The molecule has 0 fully saturated rings. The summed E-state index contributed by atoms with van der Waals surface area (Å²) in [5.74, 6) is 0. The summed E-state index contributed by atoms with van der Waals surface area (Å²) in [7, 11) is 0. The molecule has 0 aliphatic carbocycles. The van der Waals surface area contributed by atoms with Crippen LogP contribution in [-0.4, -0.2) is 9.13 Å². The average molecular weight is 646 g/mol. The van der Waals surface area contributed by atoms with Crippen molar-refractivity contribution in [2.45, 2.75) is 9.79 Å². The fraction of sp³-hybridized carbons (Fsp3) is 0. The van der Waals surface area contributed by atoms with E-state index in [0.717, 1.165) is 64.7 Å². The summed E-state index contributed by atoms with van der Waals surface area (Å²) in [5, 5.41) is 6.63. The Morgan fingerprint density at radius 1 is 0.408 bits per heavy atom. The summed E-state index contributed by atoms with van der Waals surface area (Å²) in [6.45, 7) is 0. The third-order valence-electron chi connectivity index (χ3n) is 9.98. The summed E-state index contributed by atoms with van der Waals surface area (Å²) in [4.78, 5) is 2.21. The quantitative estimate of drug-likeness (QED) is 0.186. The largest absolute Gasteiger partial charge is 0.309 e. The fourth-order valence-electron chi connectivity index (χ4n) is 7.94. The minimum absolute atomic E-state index is 0.157. The van der Waals surface area contributed by atoms with E-state index in [0.29, 0.717) is 0 Å². The van der Waals surface area contributed by atoms with Crippen LogP contribution < -0.4 is 0 Å². The van der Waals surface area contributed by atoms with Crippen LogP contribution in [-0.2, 0) is 0 Å². The molecule has 49 heavy (non-hydrogen) atoms. The zero-order chi connectivity index (χ0) is 36.4. The van der Waals surface area contributed by atoms with E-state index in [4.69, 9.17) is 6.85 Å². The van der Waals surface area contributed by atoms with Gasteiger partial charge in [0.05, 0.1) is 28.9 Å². The summed E-state index contributed by atoms with van der Waals surface area (Å²) in [6, 6.07) is 47.7. The lowest BCUT2D eigenvalue weighted by molar-refractivity contribution is 1.18. The Balaban J connectivity index is 1.13. The van der Waals surface area contributed by atoms with Crippen LogP contribution in [0.4, 0.5) is 0 Å². The Hall–Kier alpha value is -6.03. The SMILES string of the molecule is [2H]c1c([2H])c([2H])c(-n2c3ccccc3c3c4cccc5c4c(cc32)Sc2ccc(-c3ccc4c(c3)c3ccccc3n4-c3ccccc3)cc2-5)c([2H])c1[2H]. The van der Waals surface area contributed by atoms with Crippen LogP contribution in [0.5, 0.6) is 0 Å². The van der Waals surface area contributed by atoms with E-state index in [1.54, 1.807) is 11.8 Å². The molecule has 0 saturated carbocycles. The number of rotatable bonds is 3. The highest BCUT2D eigenvalue weighted by Gasteiger charge is 2.24. The second-order valence-corrected chi connectivity index (χ2v) is 13.6. The second kappa shape index (κ2) is 10.2. The van der Waals surface area contributed by atoms with Crippen molar-refractivity contribution in [2.75, 3.05) is 0 Å². The molecule has 3 heterocycles. The molecule has 2 aromatic heterocycles. The third-order valence-corrected chi connectivity index (χ3v) is 11.1. The zero-order valence-electron chi connectivity index (χ0n) is 31.1. The molecule has 0 amide bonds. The molecular weight excluding hydrogens is 613 g/mol. The highest BCUT2D eigenvalue weighted by atomic mass is 32.2. The van der Waals surface area contributed by atoms with E-state index < -0.39 is 6.04 Å². The minimum Gasteiger partial charge on any atom is -0.309 e. The Morgan fingerprint density at radius 2 is 1.08 bits per heavy atom. The van der Waals surface area contributed by atoms with Crippen molar-refractivity contribution in [3.8, 4) is 33.6 Å². The van der Waals surface area contributed by atoms with Crippen molar-refractivity contribution in [3.63, 3.8) is 0 Å². The Bertz CT molecular complexity index is 3230. The fourth-order valence-corrected chi connectivity index (χ4v) is 9.08. The van der Waals surface area contributed by atoms with Gasteiger partial charge in [-0.2, -0.15) is 0 Å². The lowest BCUT2D eigenvalue weighted by atomic mass is 9.92. The normalized spacial score (nSPS) is 13.8. The van der Waals surface area contributed by atoms with E-state index in [1.807, 2.05) is 28.8 Å². The molecule has 0 saturated heterocycles. The zero-order valence-corrected chi connectivity index (χ0v) is 26.9. The van der Waals surface area contributed by atoms with Crippen molar-refractivity contribution in [3.05, 3.63) is 170 Å². The summed E-state index contributed by atoms with van der Waals surface area (Å²) in [6.07, 6.45) is 0. The molecule has 3 heteroatoms. The average Bonchev–Trinajstić information content (AvgIpc) is 3.72. The number of fused-ring (bicyclic) bond motifs is 9. The number of benzene rings is 8. The molecule has 1 aliphatic heterocycles. The molecule has 8 aromatic carbocycles. The molecule has 228 valence electrons. The van der Waals surface area contributed by atoms with Crippen molar-refractivity contribution in [1.82, 2.24) is 9.13 Å². The predicted molar refractivity (Wildman–Crippen MR) is 208 cm³/mol. The van der Waals surface area contributed by atoms with E-state index in [1.165, 1.54) is 27.4 Å². The summed E-state index contributed by atoms with van der Waals surface area (Å²) < 4.78 is 47.1. The van der Waals surface area contributed by atoms with E-state index in [9.17, 15) is 0 Å². The van der Waals surface area contributed by atoms with Gasteiger partial charge in [-0.25, -0.2) is 0 Å². The number of para-hydroxylation sites is 4. The molecule has 0 atom stereocenters. The number of aromatic nitrogens is 2. The molecule has 0 radical (unpaired) electrons. The van der Waals surface area contributed by atoms with E-state index >= 15 is 0 Å². The smallest absolute Gasteiger partial charge is 0.0645 e. The van der Waals surface area contributed by atoms with Crippen molar-refractivity contribution in [1.29, 1.82) is 0 Å². The van der Waals surface area contributed by atoms with Gasteiger partial charge in [0, 0.05) is 48.1 Å². The van der Waals surface area contributed by atoms with Crippen LogP contribution in [0.2, 0.25) is 0 Å².